The number of halogens is 5. The Hall–Kier alpha value is -1.67. The Morgan fingerprint density at radius 3 is 2.03 bits per heavy atom. The summed E-state index contributed by atoms with van der Waals surface area (Å²) in [6, 6.07) is 12.2. The number of rotatable bonds is 6. The Morgan fingerprint density at radius 2 is 1.52 bits per heavy atom. The summed E-state index contributed by atoms with van der Waals surface area (Å²) in [7, 11) is 1.64. The number of ether oxygens (including phenoxy) is 2. The molecule has 1 aliphatic rings. The zero-order chi connectivity index (χ0) is 21.0. The highest BCUT2D eigenvalue weighted by Gasteiger charge is 2.32. The molecule has 0 aliphatic carbocycles. The van der Waals surface area contributed by atoms with Gasteiger partial charge in [0.1, 0.15) is 11.5 Å². The lowest BCUT2D eigenvalue weighted by Crippen LogP contribution is -2.45. The molecule has 0 aromatic heterocycles. The van der Waals surface area contributed by atoms with Gasteiger partial charge in [0, 0.05) is 31.7 Å². The second-order valence-corrected chi connectivity index (χ2v) is 7.46. The van der Waals surface area contributed by atoms with Crippen LogP contribution in [-0.2, 0) is 0 Å². The smallest absolute Gasteiger partial charge is 0.496 e. The van der Waals surface area contributed by atoms with Crippen molar-refractivity contribution in [2.24, 2.45) is 0 Å². The van der Waals surface area contributed by atoms with Crippen LogP contribution in [0.5, 0.6) is 11.5 Å². The fraction of sp³-hybridized carbons (Fsp3) is 0.455. The van der Waals surface area contributed by atoms with Gasteiger partial charge < -0.3 is 14.8 Å². The van der Waals surface area contributed by atoms with E-state index in [1.165, 1.54) is 17.7 Å². The average molecular weight is 481 g/mol. The van der Waals surface area contributed by atoms with Crippen LogP contribution in [-0.4, -0.2) is 44.6 Å². The Bertz CT molecular complexity index is 811. The van der Waals surface area contributed by atoms with Gasteiger partial charge in [0.2, 0.25) is 0 Å². The summed E-state index contributed by atoms with van der Waals surface area (Å²) in [5.74, 6) is 0.905. The van der Waals surface area contributed by atoms with Crippen LogP contribution in [0, 0.1) is 0 Å². The zero-order valence-electron chi connectivity index (χ0n) is 17.7. The number of nitrogens with zero attached hydrogens (tertiary/aromatic N) is 1. The Morgan fingerprint density at radius 1 is 0.935 bits per heavy atom. The molecule has 1 N–H and O–H groups in total. The third kappa shape index (κ3) is 7.17. The summed E-state index contributed by atoms with van der Waals surface area (Å²) in [5.41, 5.74) is 3.11. The summed E-state index contributed by atoms with van der Waals surface area (Å²) in [6.45, 7) is 7.65. The molecule has 31 heavy (non-hydrogen) atoms. The van der Waals surface area contributed by atoms with E-state index in [1.807, 2.05) is 6.07 Å². The number of benzene rings is 2. The molecule has 0 unspecified atom stereocenters. The van der Waals surface area contributed by atoms with E-state index in [4.69, 9.17) is 4.74 Å². The molecule has 1 aliphatic heterocycles. The van der Waals surface area contributed by atoms with E-state index in [0.29, 0.717) is 5.92 Å². The first kappa shape index (κ1) is 27.4. The van der Waals surface area contributed by atoms with E-state index in [0.717, 1.165) is 43.1 Å². The normalized spacial score (nSPS) is 15.6. The maximum Gasteiger partial charge on any atom is 0.573 e. The van der Waals surface area contributed by atoms with E-state index < -0.39 is 6.36 Å². The quantitative estimate of drug-likeness (QED) is 0.586. The Balaban J connectivity index is 0.00000240. The minimum Gasteiger partial charge on any atom is -0.496 e. The Labute approximate surface area is 193 Å². The van der Waals surface area contributed by atoms with Crippen molar-refractivity contribution in [3.63, 3.8) is 0 Å². The fourth-order valence-corrected chi connectivity index (χ4v) is 3.70. The molecule has 2 aromatic carbocycles. The lowest BCUT2D eigenvalue weighted by molar-refractivity contribution is -0.274. The van der Waals surface area contributed by atoms with Gasteiger partial charge in [-0.2, -0.15) is 0 Å². The van der Waals surface area contributed by atoms with Crippen molar-refractivity contribution in [1.29, 1.82) is 0 Å². The van der Waals surface area contributed by atoms with Gasteiger partial charge in [-0.05, 0) is 41.3 Å². The third-order valence-corrected chi connectivity index (χ3v) is 5.16. The van der Waals surface area contributed by atoms with Gasteiger partial charge in [-0.25, -0.2) is 0 Å². The molecule has 9 heteroatoms. The minimum atomic E-state index is -4.70. The summed E-state index contributed by atoms with van der Waals surface area (Å²) in [6.07, 6.45) is -4.70. The Kier molecular flexibility index (Phi) is 10.4. The number of nitrogens with one attached hydrogen (secondary N) is 1. The van der Waals surface area contributed by atoms with E-state index in [2.05, 4.69) is 40.9 Å². The minimum absolute atomic E-state index is 0. The molecule has 0 spiro atoms. The van der Waals surface area contributed by atoms with Crippen LogP contribution in [0.1, 0.15) is 42.5 Å². The summed E-state index contributed by atoms with van der Waals surface area (Å²) in [5, 5.41) is 3.35. The molecule has 1 heterocycles. The van der Waals surface area contributed by atoms with Crippen molar-refractivity contribution in [1.82, 2.24) is 10.2 Å². The lowest BCUT2D eigenvalue weighted by Gasteiger charge is -2.36. The first-order chi connectivity index (χ1) is 13.8. The fourth-order valence-electron chi connectivity index (χ4n) is 3.70. The van der Waals surface area contributed by atoms with Crippen molar-refractivity contribution in [3.05, 3.63) is 59.2 Å². The van der Waals surface area contributed by atoms with E-state index >= 15 is 0 Å². The van der Waals surface area contributed by atoms with Gasteiger partial charge >= 0.3 is 6.36 Å². The summed E-state index contributed by atoms with van der Waals surface area (Å²) in [4.78, 5) is 2.33. The number of hydrogen-bond acceptors (Lipinski definition) is 4. The second-order valence-electron chi connectivity index (χ2n) is 7.46. The molecule has 0 amide bonds. The van der Waals surface area contributed by atoms with E-state index in [1.54, 1.807) is 19.2 Å². The predicted octanol–water partition coefficient (Wildman–Crippen LogP) is 5.56. The summed E-state index contributed by atoms with van der Waals surface area (Å²) >= 11 is 0. The highest BCUT2D eigenvalue weighted by Crippen LogP contribution is 2.37. The molecule has 3 rings (SSSR count). The molecule has 1 atom stereocenters. The maximum absolute atomic E-state index is 12.5. The molecule has 174 valence electrons. The number of alkyl halides is 3. The molecule has 1 fully saturated rings. The van der Waals surface area contributed by atoms with Gasteiger partial charge in [0.05, 0.1) is 13.2 Å². The monoisotopic (exact) mass is 480 g/mol. The van der Waals surface area contributed by atoms with Gasteiger partial charge in [0.15, 0.2) is 0 Å². The number of methoxy groups -OCH3 is 1. The van der Waals surface area contributed by atoms with E-state index in [9.17, 15) is 13.2 Å². The SMILES string of the molecule is COc1ccc(C(C)C)cc1[C@@H](c1ccc(OC(F)(F)F)cc1)N1CCNCC1.Cl.Cl. The second kappa shape index (κ2) is 11.8. The van der Waals surface area contributed by atoms with Crippen LogP contribution in [0.2, 0.25) is 0 Å². The number of hydrogen-bond donors (Lipinski definition) is 1. The summed E-state index contributed by atoms with van der Waals surface area (Å²) < 4.78 is 47.2. The van der Waals surface area contributed by atoms with Crippen LogP contribution in [0.25, 0.3) is 0 Å². The lowest BCUT2D eigenvalue weighted by atomic mass is 9.91. The van der Waals surface area contributed by atoms with Crippen molar-refractivity contribution in [2.45, 2.75) is 32.2 Å². The molecule has 1 saturated heterocycles. The maximum atomic E-state index is 12.5. The molecule has 2 aromatic rings. The first-order valence-electron chi connectivity index (χ1n) is 9.77. The van der Waals surface area contributed by atoms with Crippen LogP contribution in [0.3, 0.4) is 0 Å². The van der Waals surface area contributed by atoms with Crippen molar-refractivity contribution in [3.8, 4) is 11.5 Å². The van der Waals surface area contributed by atoms with Gasteiger partial charge in [-0.3, -0.25) is 4.90 Å². The van der Waals surface area contributed by atoms with E-state index in [-0.39, 0.29) is 36.6 Å². The van der Waals surface area contributed by atoms with Gasteiger partial charge in [0.25, 0.3) is 0 Å². The van der Waals surface area contributed by atoms with Crippen LogP contribution in [0.15, 0.2) is 42.5 Å². The molecular weight excluding hydrogens is 452 g/mol. The van der Waals surface area contributed by atoms with Crippen LogP contribution >= 0.6 is 24.8 Å². The first-order valence-corrected chi connectivity index (χ1v) is 9.77. The van der Waals surface area contributed by atoms with Crippen LogP contribution in [0.4, 0.5) is 13.2 Å². The highest BCUT2D eigenvalue weighted by molar-refractivity contribution is 5.85. The van der Waals surface area contributed by atoms with Gasteiger partial charge in [-0.15, -0.1) is 38.0 Å². The largest absolute Gasteiger partial charge is 0.573 e. The molecule has 4 nitrogen and oxygen atoms in total. The number of piperazine rings is 1. The van der Waals surface area contributed by atoms with Crippen molar-refractivity contribution >= 4 is 24.8 Å². The molecule has 0 saturated carbocycles. The van der Waals surface area contributed by atoms with Crippen LogP contribution < -0.4 is 14.8 Å². The highest BCUT2D eigenvalue weighted by atomic mass is 35.5. The molecule has 0 radical (unpaired) electrons. The average Bonchev–Trinajstić information content (AvgIpc) is 2.69. The predicted molar refractivity (Wildman–Crippen MR) is 121 cm³/mol. The third-order valence-electron chi connectivity index (χ3n) is 5.16. The zero-order valence-corrected chi connectivity index (χ0v) is 19.4. The molecule has 0 bridgehead atoms. The van der Waals surface area contributed by atoms with Gasteiger partial charge in [-0.1, -0.05) is 32.0 Å². The molecular formula is C22H29Cl2F3N2O2. The van der Waals surface area contributed by atoms with Crippen molar-refractivity contribution < 1.29 is 22.6 Å². The topological polar surface area (TPSA) is 33.7 Å². The van der Waals surface area contributed by atoms with Crippen molar-refractivity contribution in [2.75, 3.05) is 33.3 Å². The standard InChI is InChI=1S/C22H27F3N2O2.2ClH/c1-15(2)17-6-9-20(28-3)19(14-17)21(27-12-10-26-11-13-27)16-4-7-18(8-5-16)29-22(23,24)25;;/h4-9,14-15,21,26H,10-13H2,1-3H3;2*1H/t21-;;/m1../s1.